The van der Waals surface area contributed by atoms with Crippen LogP contribution in [0.3, 0.4) is 0 Å². The van der Waals surface area contributed by atoms with Crippen molar-refractivity contribution >= 4 is 9.84 Å². The van der Waals surface area contributed by atoms with Gasteiger partial charge in [-0.3, -0.25) is 0 Å². The summed E-state index contributed by atoms with van der Waals surface area (Å²) in [5.41, 5.74) is 12.0. The highest BCUT2D eigenvalue weighted by molar-refractivity contribution is 7.92. The van der Waals surface area contributed by atoms with Crippen LogP contribution in [0.2, 0.25) is 0 Å². The van der Waals surface area contributed by atoms with Gasteiger partial charge in [0.25, 0.3) is 0 Å². The van der Waals surface area contributed by atoms with Crippen LogP contribution in [0.15, 0.2) is 29.2 Å². The second kappa shape index (κ2) is 5.43. The molecule has 0 fully saturated rings. The number of hydrogen-bond acceptors (Lipinski definition) is 4. The van der Waals surface area contributed by atoms with Crippen LogP contribution in [0, 0.1) is 6.92 Å². The molecule has 0 amide bonds. The lowest BCUT2D eigenvalue weighted by Crippen LogP contribution is -2.31. The molecule has 0 radical (unpaired) electrons. The molecule has 1 rings (SSSR count). The molecule has 1 unspecified atom stereocenters. The molecule has 5 heteroatoms. The van der Waals surface area contributed by atoms with Gasteiger partial charge in [0.1, 0.15) is 5.37 Å². The predicted molar refractivity (Wildman–Crippen MR) is 64.6 cm³/mol. The topological polar surface area (TPSA) is 86.2 Å². The summed E-state index contributed by atoms with van der Waals surface area (Å²) in [6.07, 6.45) is 1.01. The molecule has 1 aromatic carbocycles. The lowest BCUT2D eigenvalue weighted by atomic mass is 10.2. The van der Waals surface area contributed by atoms with Crippen LogP contribution in [0.5, 0.6) is 0 Å². The van der Waals surface area contributed by atoms with Crippen molar-refractivity contribution in [2.24, 2.45) is 11.5 Å². The summed E-state index contributed by atoms with van der Waals surface area (Å²) in [6, 6.07) is 6.71. The zero-order valence-corrected chi connectivity index (χ0v) is 10.2. The summed E-state index contributed by atoms with van der Waals surface area (Å²) >= 11 is 0. The van der Waals surface area contributed by atoms with Crippen LogP contribution in [0.4, 0.5) is 0 Å². The first kappa shape index (κ1) is 13.2. The number of benzene rings is 1. The second-order valence-electron chi connectivity index (χ2n) is 3.83. The number of aryl methyl sites for hydroxylation is 1. The summed E-state index contributed by atoms with van der Waals surface area (Å²) in [5, 5.41) is -0.862. The minimum Gasteiger partial charge on any atom is -0.330 e. The van der Waals surface area contributed by atoms with Crippen molar-refractivity contribution in [3.05, 3.63) is 29.8 Å². The molecule has 0 aliphatic heterocycles. The third-order valence-corrected chi connectivity index (χ3v) is 4.40. The maximum Gasteiger partial charge on any atom is 0.193 e. The Bertz CT molecular complexity index is 426. The first-order chi connectivity index (χ1) is 7.48. The molecule has 1 atom stereocenters. The molecule has 16 heavy (non-hydrogen) atoms. The maximum absolute atomic E-state index is 12.0. The molecule has 4 nitrogen and oxygen atoms in total. The molecule has 0 saturated heterocycles. The van der Waals surface area contributed by atoms with E-state index in [0.717, 1.165) is 5.56 Å². The van der Waals surface area contributed by atoms with Crippen LogP contribution >= 0.6 is 0 Å². The number of nitrogens with two attached hydrogens (primary N) is 2. The van der Waals surface area contributed by atoms with Gasteiger partial charge in [-0.15, -0.1) is 0 Å². The van der Waals surface area contributed by atoms with Gasteiger partial charge >= 0.3 is 0 Å². The molecule has 0 bridgehead atoms. The van der Waals surface area contributed by atoms with E-state index in [9.17, 15) is 8.42 Å². The van der Waals surface area contributed by atoms with E-state index < -0.39 is 15.2 Å². The van der Waals surface area contributed by atoms with Crippen LogP contribution < -0.4 is 11.5 Å². The Hall–Kier alpha value is -0.910. The van der Waals surface area contributed by atoms with E-state index in [2.05, 4.69) is 0 Å². The van der Waals surface area contributed by atoms with Gasteiger partial charge < -0.3 is 11.5 Å². The van der Waals surface area contributed by atoms with Crippen LogP contribution in [-0.2, 0) is 9.84 Å². The standard InChI is InChI=1S/C11H18N2O2S/c1-9-4-6-10(7-5-9)16(14,15)11(13)3-2-8-12/h4-7,11H,2-3,8,12-13H2,1H3. The minimum atomic E-state index is -3.41. The molecular formula is C11H18N2O2S. The summed E-state index contributed by atoms with van der Waals surface area (Å²) in [7, 11) is -3.41. The summed E-state index contributed by atoms with van der Waals surface area (Å²) in [5.74, 6) is 0. The van der Waals surface area contributed by atoms with Crippen LogP contribution in [-0.4, -0.2) is 20.3 Å². The maximum atomic E-state index is 12.0. The third-order valence-electron chi connectivity index (χ3n) is 2.44. The zero-order chi connectivity index (χ0) is 12.2. The molecule has 0 spiro atoms. The highest BCUT2D eigenvalue weighted by atomic mass is 32.2. The molecule has 0 aliphatic carbocycles. The third kappa shape index (κ3) is 3.04. The van der Waals surface area contributed by atoms with Gasteiger partial charge in [0.15, 0.2) is 9.84 Å². The Labute approximate surface area is 96.6 Å². The van der Waals surface area contributed by atoms with E-state index in [1.807, 2.05) is 6.92 Å². The minimum absolute atomic E-state index is 0.280. The quantitative estimate of drug-likeness (QED) is 0.799. The van der Waals surface area contributed by atoms with Crippen molar-refractivity contribution in [3.8, 4) is 0 Å². The Kier molecular flexibility index (Phi) is 4.46. The Morgan fingerprint density at radius 3 is 2.31 bits per heavy atom. The Morgan fingerprint density at radius 1 is 1.25 bits per heavy atom. The van der Waals surface area contributed by atoms with Crippen LogP contribution in [0.25, 0.3) is 0 Å². The fraction of sp³-hybridized carbons (Fsp3) is 0.455. The number of sulfone groups is 1. The first-order valence-electron chi connectivity index (χ1n) is 5.24. The van der Waals surface area contributed by atoms with Crippen molar-refractivity contribution in [2.45, 2.75) is 30.0 Å². The highest BCUT2D eigenvalue weighted by Crippen LogP contribution is 2.16. The van der Waals surface area contributed by atoms with E-state index in [4.69, 9.17) is 11.5 Å². The van der Waals surface area contributed by atoms with Gasteiger partial charge in [0, 0.05) is 0 Å². The normalized spacial score (nSPS) is 13.7. The molecule has 0 saturated carbocycles. The van der Waals surface area contributed by atoms with Crippen molar-refractivity contribution < 1.29 is 8.42 Å². The molecule has 90 valence electrons. The van der Waals surface area contributed by atoms with Crippen molar-refractivity contribution in [1.82, 2.24) is 0 Å². The average molecular weight is 242 g/mol. The van der Waals surface area contributed by atoms with Crippen molar-refractivity contribution in [2.75, 3.05) is 6.54 Å². The lowest BCUT2D eigenvalue weighted by molar-refractivity contribution is 0.569. The van der Waals surface area contributed by atoms with Gasteiger partial charge in [-0.1, -0.05) is 17.7 Å². The average Bonchev–Trinajstić information content (AvgIpc) is 2.26. The Morgan fingerprint density at radius 2 is 1.81 bits per heavy atom. The second-order valence-corrected chi connectivity index (χ2v) is 5.99. The fourth-order valence-electron chi connectivity index (χ4n) is 1.38. The monoisotopic (exact) mass is 242 g/mol. The van der Waals surface area contributed by atoms with E-state index in [0.29, 0.717) is 19.4 Å². The SMILES string of the molecule is Cc1ccc(S(=O)(=O)C(N)CCCN)cc1. The summed E-state index contributed by atoms with van der Waals surface area (Å²) < 4.78 is 24.0. The van der Waals surface area contributed by atoms with Crippen molar-refractivity contribution in [1.29, 1.82) is 0 Å². The van der Waals surface area contributed by atoms with Gasteiger partial charge in [-0.25, -0.2) is 8.42 Å². The molecule has 1 aromatic rings. The summed E-state index contributed by atoms with van der Waals surface area (Å²) in [6.45, 7) is 2.36. The molecule has 0 heterocycles. The largest absolute Gasteiger partial charge is 0.330 e. The van der Waals surface area contributed by atoms with E-state index in [1.54, 1.807) is 24.3 Å². The smallest absolute Gasteiger partial charge is 0.193 e. The number of rotatable bonds is 5. The molecule has 0 aromatic heterocycles. The molecule has 4 N–H and O–H groups in total. The zero-order valence-electron chi connectivity index (χ0n) is 9.39. The van der Waals surface area contributed by atoms with E-state index in [1.165, 1.54) is 0 Å². The van der Waals surface area contributed by atoms with Gasteiger partial charge in [0.2, 0.25) is 0 Å². The molecular weight excluding hydrogens is 224 g/mol. The van der Waals surface area contributed by atoms with Crippen molar-refractivity contribution in [3.63, 3.8) is 0 Å². The van der Waals surface area contributed by atoms with E-state index >= 15 is 0 Å². The fourth-order valence-corrected chi connectivity index (χ4v) is 2.72. The van der Waals surface area contributed by atoms with Gasteiger partial charge in [-0.2, -0.15) is 0 Å². The highest BCUT2D eigenvalue weighted by Gasteiger charge is 2.22. The first-order valence-corrected chi connectivity index (χ1v) is 6.79. The number of hydrogen-bond donors (Lipinski definition) is 2. The van der Waals surface area contributed by atoms with Gasteiger partial charge in [-0.05, 0) is 38.4 Å². The predicted octanol–water partition coefficient (Wildman–Crippen LogP) is 0.792. The molecule has 0 aliphatic rings. The van der Waals surface area contributed by atoms with Crippen LogP contribution in [0.1, 0.15) is 18.4 Å². The Balaban J connectivity index is 2.89. The van der Waals surface area contributed by atoms with E-state index in [-0.39, 0.29) is 4.90 Å². The summed E-state index contributed by atoms with van der Waals surface area (Å²) in [4.78, 5) is 0.280. The lowest BCUT2D eigenvalue weighted by Gasteiger charge is -2.12. The van der Waals surface area contributed by atoms with Gasteiger partial charge in [0.05, 0.1) is 4.90 Å².